The number of rotatable bonds is 5. The van der Waals surface area contributed by atoms with Crippen LogP contribution >= 0.6 is 0 Å². The first-order valence-corrected chi connectivity index (χ1v) is 6.58. The highest BCUT2D eigenvalue weighted by Crippen LogP contribution is 2.40. The second-order valence-electron chi connectivity index (χ2n) is 5.47. The molecule has 0 unspecified atom stereocenters. The van der Waals surface area contributed by atoms with Crippen molar-refractivity contribution in [1.82, 2.24) is 5.32 Å². The van der Waals surface area contributed by atoms with Crippen LogP contribution in [0.15, 0.2) is 0 Å². The standard InChI is InChI=1S/C13H25N/c1-2-8-13(9-4-3-5-10-13)11-14-12-6-7-12/h12,14H,2-11H2,1H3. The first-order valence-electron chi connectivity index (χ1n) is 6.58. The van der Waals surface area contributed by atoms with E-state index in [9.17, 15) is 0 Å². The molecule has 0 aromatic rings. The maximum atomic E-state index is 3.75. The van der Waals surface area contributed by atoms with Gasteiger partial charge in [0.1, 0.15) is 0 Å². The number of hydrogen-bond donors (Lipinski definition) is 1. The molecule has 2 aliphatic rings. The Hall–Kier alpha value is -0.0400. The lowest BCUT2D eigenvalue weighted by molar-refractivity contribution is 0.164. The van der Waals surface area contributed by atoms with Crippen molar-refractivity contribution >= 4 is 0 Å². The van der Waals surface area contributed by atoms with Crippen LogP contribution in [-0.4, -0.2) is 12.6 Å². The normalized spacial score (nSPS) is 26.4. The third kappa shape index (κ3) is 2.73. The fourth-order valence-electron chi connectivity index (χ4n) is 3.00. The summed E-state index contributed by atoms with van der Waals surface area (Å²) in [6.45, 7) is 3.65. The van der Waals surface area contributed by atoms with Crippen molar-refractivity contribution in [2.75, 3.05) is 6.54 Å². The summed E-state index contributed by atoms with van der Waals surface area (Å²) in [5.41, 5.74) is 0.690. The molecule has 1 N–H and O–H groups in total. The van der Waals surface area contributed by atoms with Gasteiger partial charge in [-0.25, -0.2) is 0 Å². The molecule has 0 radical (unpaired) electrons. The molecule has 0 saturated heterocycles. The van der Waals surface area contributed by atoms with Gasteiger partial charge < -0.3 is 5.32 Å². The molecule has 0 heterocycles. The Bertz CT molecular complexity index is 161. The highest BCUT2D eigenvalue weighted by atomic mass is 15.0. The lowest BCUT2D eigenvalue weighted by Gasteiger charge is -2.37. The third-order valence-electron chi connectivity index (χ3n) is 4.04. The summed E-state index contributed by atoms with van der Waals surface area (Å²) < 4.78 is 0. The average Bonchev–Trinajstić information content (AvgIpc) is 3.00. The van der Waals surface area contributed by atoms with Crippen LogP contribution in [-0.2, 0) is 0 Å². The highest BCUT2D eigenvalue weighted by molar-refractivity contribution is 4.89. The van der Waals surface area contributed by atoms with Crippen LogP contribution < -0.4 is 5.32 Å². The highest BCUT2D eigenvalue weighted by Gasteiger charge is 2.32. The Labute approximate surface area is 88.7 Å². The molecule has 0 aliphatic heterocycles. The Morgan fingerprint density at radius 2 is 1.86 bits per heavy atom. The first kappa shape index (κ1) is 10.5. The maximum Gasteiger partial charge on any atom is 0.00684 e. The molecule has 0 bridgehead atoms. The van der Waals surface area contributed by atoms with E-state index < -0.39 is 0 Å². The van der Waals surface area contributed by atoms with Crippen molar-refractivity contribution in [3.8, 4) is 0 Å². The molecule has 2 aliphatic carbocycles. The SMILES string of the molecule is CCCC1(CNC2CC2)CCCCC1. The largest absolute Gasteiger partial charge is 0.313 e. The molecule has 0 spiro atoms. The van der Waals surface area contributed by atoms with Crippen molar-refractivity contribution in [1.29, 1.82) is 0 Å². The summed E-state index contributed by atoms with van der Waals surface area (Å²) in [7, 11) is 0. The second-order valence-corrected chi connectivity index (χ2v) is 5.47. The van der Waals surface area contributed by atoms with Crippen LogP contribution in [0.3, 0.4) is 0 Å². The molecule has 1 nitrogen and oxygen atoms in total. The molecular weight excluding hydrogens is 170 g/mol. The summed E-state index contributed by atoms with van der Waals surface area (Å²) in [4.78, 5) is 0. The zero-order chi connectivity index (χ0) is 9.86. The lowest BCUT2D eigenvalue weighted by Crippen LogP contribution is -2.37. The predicted molar refractivity (Wildman–Crippen MR) is 61.5 cm³/mol. The summed E-state index contributed by atoms with van der Waals surface area (Å²) in [5, 5.41) is 3.75. The Morgan fingerprint density at radius 1 is 1.14 bits per heavy atom. The molecule has 2 fully saturated rings. The molecule has 2 rings (SSSR count). The smallest absolute Gasteiger partial charge is 0.00684 e. The fraction of sp³-hybridized carbons (Fsp3) is 1.00. The minimum Gasteiger partial charge on any atom is -0.313 e. The molecule has 1 heteroatoms. The van der Waals surface area contributed by atoms with E-state index in [1.807, 2.05) is 0 Å². The van der Waals surface area contributed by atoms with E-state index in [4.69, 9.17) is 0 Å². The Morgan fingerprint density at radius 3 is 2.43 bits per heavy atom. The first-order chi connectivity index (χ1) is 6.85. The summed E-state index contributed by atoms with van der Waals surface area (Å²) in [6.07, 6.45) is 13.1. The molecule has 0 aromatic carbocycles. The summed E-state index contributed by atoms with van der Waals surface area (Å²) in [6, 6.07) is 0.894. The minimum absolute atomic E-state index is 0.690. The lowest BCUT2D eigenvalue weighted by atomic mass is 9.71. The summed E-state index contributed by atoms with van der Waals surface area (Å²) >= 11 is 0. The molecule has 0 aromatic heterocycles. The third-order valence-corrected chi connectivity index (χ3v) is 4.04. The van der Waals surface area contributed by atoms with Crippen molar-refractivity contribution in [3.63, 3.8) is 0 Å². The van der Waals surface area contributed by atoms with E-state index in [0.717, 1.165) is 6.04 Å². The van der Waals surface area contributed by atoms with E-state index in [2.05, 4.69) is 12.2 Å². The number of hydrogen-bond acceptors (Lipinski definition) is 1. The van der Waals surface area contributed by atoms with E-state index in [-0.39, 0.29) is 0 Å². The van der Waals surface area contributed by atoms with Gasteiger partial charge in [0.2, 0.25) is 0 Å². The van der Waals surface area contributed by atoms with Crippen LogP contribution in [0.4, 0.5) is 0 Å². The van der Waals surface area contributed by atoms with Gasteiger partial charge in [-0.2, -0.15) is 0 Å². The van der Waals surface area contributed by atoms with Crippen LogP contribution in [0.2, 0.25) is 0 Å². The Balaban J connectivity index is 1.82. The van der Waals surface area contributed by atoms with Gasteiger partial charge >= 0.3 is 0 Å². The van der Waals surface area contributed by atoms with Gasteiger partial charge in [0.25, 0.3) is 0 Å². The van der Waals surface area contributed by atoms with Crippen molar-refractivity contribution in [2.24, 2.45) is 5.41 Å². The van der Waals surface area contributed by atoms with Gasteiger partial charge in [-0.1, -0.05) is 32.6 Å². The zero-order valence-corrected chi connectivity index (χ0v) is 9.65. The average molecular weight is 195 g/mol. The van der Waals surface area contributed by atoms with E-state index in [0.29, 0.717) is 5.41 Å². The molecule has 2 saturated carbocycles. The van der Waals surface area contributed by atoms with Gasteiger partial charge in [-0.15, -0.1) is 0 Å². The van der Waals surface area contributed by atoms with E-state index in [1.54, 1.807) is 0 Å². The molecule has 0 atom stereocenters. The molecule has 82 valence electrons. The maximum absolute atomic E-state index is 3.75. The van der Waals surface area contributed by atoms with Gasteiger partial charge in [-0.3, -0.25) is 0 Å². The van der Waals surface area contributed by atoms with Crippen LogP contribution in [0.25, 0.3) is 0 Å². The van der Waals surface area contributed by atoms with Gasteiger partial charge in [0.15, 0.2) is 0 Å². The topological polar surface area (TPSA) is 12.0 Å². The molecule has 14 heavy (non-hydrogen) atoms. The monoisotopic (exact) mass is 195 g/mol. The van der Waals surface area contributed by atoms with Crippen molar-refractivity contribution < 1.29 is 0 Å². The minimum atomic E-state index is 0.690. The van der Waals surface area contributed by atoms with Crippen LogP contribution in [0, 0.1) is 5.41 Å². The van der Waals surface area contributed by atoms with Crippen molar-refractivity contribution in [3.05, 3.63) is 0 Å². The van der Waals surface area contributed by atoms with E-state index >= 15 is 0 Å². The van der Waals surface area contributed by atoms with Gasteiger partial charge in [-0.05, 0) is 37.5 Å². The number of nitrogens with one attached hydrogen (secondary N) is 1. The summed E-state index contributed by atoms with van der Waals surface area (Å²) in [5.74, 6) is 0. The van der Waals surface area contributed by atoms with Crippen LogP contribution in [0.5, 0.6) is 0 Å². The molecule has 0 amide bonds. The van der Waals surface area contributed by atoms with Crippen molar-refractivity contribution in [2.45, 2.75) is 70.8 Å². The fourth-order valence-corrected chi connectivity index (χ4v) is 3.00. The molecular formula is C13H25N. The Kier molecular flexibility index (Phi) is 3.48. The van der Waals surface area contributed by atoms with Crippen LogP contribution in [0.1, 0.15) is 64.7 Å². The quantitative estimate of drug-likeness (QED) is 0.708. The zero-order valence-electron chi connectivity index (χ0n) is 9.65. The van der Waals surface area contributed by atoms with E-state index in [1.165, 1.54) is 64.3 Å². The second kappa shape index (κ2) is 4.65. The van der Waals surface area contributed by atoms with Gasteiger partial charge in [0.05, 0.1) is 0 Å². The van der Waals surface area contributed by atoms with Gasteiger partial charge in [0, 0.05) is 12.6 Å². The predicted octanol–water partition coefficient (Wildman–Crippen LogP) is 3.49.